The zero-order valence-corrected chi connectivity index (χ0v) is 9.87. The number of rotatable bonds is 5. The standard InChI is InChI=1S/C11H15N5O2/c12-14-10(17)3-1-2-6-15-7-8-16-9(11(15)18)4-5-13-16/h4-5,7-8H,1-3,6,12H2,(H,14,17). The fourth-order valence-electron chi connectivity index (χ4n) is 1.78. The molecule has 0 aliphatic carbocycles. The van der Waals surface area contributed by atoms with E-state index in [4.69, 9.17) is 5.84 Å². The van der Waals surface area contributed by atoms with Crippen LogP contribution in [-0.4, -0.2) is 20.1 Å². The van der Waals surface area contributed by atoms with Gasteiger partial charge < -0.3 is 4.57 Å². The SMILES string of the molecule is NNC(=O)CCCCn1ccn2nccc2c1=O. The Balaban J connectivity index is 1.97. The van der Waals surface area contributed by atoms with Crippen LogP contribution in [0.5, 0.6) is 0 Å². The molecule has 7 nitrogen and oxygen atoms in total. The maximum absolute atomic E-state index is 12.0. The number of hydrogen-bond donors (Lipinski definition) is 2. The predicted molar refractivity (Wildman–Crippen MR) is 65.6 cm³/mol. The number of nitrogens with zero attached hydrogens (tertiary/aromatic N) is 3. The van der Waals surface area contributed by atoms with Crippen LogP contribution in [0.4, 0.5) is 0 Å². The normalized spacial score (nSPS) is 10.7. The summed E-state index contributed by atoms with van der Waals surface area (Å²) in [6.07, 6.45) is 6.85. The molecule has 0 unspecified atom stereocenters. The van der Waals surface area contributed by atoms with Gasteiger partial charge in [-0.3, -0.25) is 15.0 Å². The van der Waals surface area contributed by atoms with Gasteiger partial charge in [-0.2, -0.15) is 5.10 Å². The van der Waals surface area contributed by atoms with Gasteiger partial charge in [0.25, 0.3) is 5.56 Å². The average Bonchev–Trinajstić information content (AvgIpc) is 2.85. The number of fused-ring (bicyclic) bond motifs is 1. The number of carbonyl (C=O) groups excluding carboxylic acids is 1. The lowest BCUT2D eigenvalue weighted by Crippen LogP contribution is -2.29. The second-order valence-electron chi connectivity index (χ2n) is 3.98. The van der Waals surface area contributed by atoms with E-state index in [2.05, 4.69) is 10.5 Å². The van der Waals surface area contributed by atoms with Gasteiger partial charge in [0.2, 0.25) is 5.91 Å². The smallest absolute Gasteiger partial charge is 0.276 e. The first-order valence-corrected chi connectivity index (χ1v) is 5.74. The van der Waals surface area contributed by atoms with Crippen molar-refractivity contribution in [1.82, 2.24) is 19.6 Å². The predicted octanol–water partition coefficient (Wildman–Crippen LogP) is -0.344. The summed E-state index contributed by atoms with van der Waals surface area (Å²) in [7, 11) is 0. The Bertz CT molecular complexity index is 601. The van der Waals surface area contributed by atoms with E-state index in [1.807, 2.05) is 0 Å². The molecule has 0 radical (unpaired) electrons. The van der Waals surface area contributed by atoms with Crippen molar-refractivity contribution in [3.05, 3.63) is 35.0 Å². The summed E-state index contributed by atoms with van der Waals surface area (Å²) in [5.74, 6) is 4.79. The van der Waals surface area contributed by atoms with Gasteiger partial charge in [0.1, 0.15) is 5.52 Å². The zero-order valence-electron chi connectivity index (χ0n) is 9.87. The Morgan fingerprint density at radius 1 is 1.39 bits per heavy atom. The van der Waals surface area contributed by atoms with Gasteiger partial charge in [-0.05, 0) is 18.9 Å². The Kier molecular flexibility index (Phi) is 3.73. The third-order valence-corrected chi connectivity index (χ3v) is 2.75. The van der Waals surface area contributed by atoms with Gasteiger partial charge in [-0.25, -0.2) is 10.4 Å². The number of hydrogen-bond acceptors (Lipinski definition) is 4. The van der Waals surface area contributed by atoms with Crippen LogP contribution in [0.3, 0.4) is 0 Å². The minimum absolute atomic E-state index is 0.0710. The van der Waals surface area contributed by atoms with Crippen molar-refractivity contribution in [2.24, 2.45) is 5.84 Å². The summed E-state index contributed by atoms with van der Waals surface area (Å²) >= 11 is 0. The molecule has 18 heavy (non-hydrogen) atoms. The molecule has 0 bridgehead atoms. The van der Waals surface area contributed by atoms with Crippen molar-refractivity contribution in [3.8, 4) is 0 Å². The van der Waals surface area contributed by atoms with E-state index in [0.717, 1.165) is 6.42 Å². The second kappa shape index (κ2) is 5.46. The first kappa shape index (κ1) is 12.3. The number of carbonyl (C=O) groups is 1. The maximum Gasteiger partial charge on any atom is 0.276 e. The Morgan fingerprint density at radius 2 is 2.22 bits per heavy atom. The molecule has 0 fully saturated rings. The molecular formula is C11H15N5O2. The third kappa shape index (κ3) is 2.57. The molecule has 0 spiro atoms. The largest absolute Gasteiger partial charge is 0.312 e. The van der Waals surface area contributed by atoms with Crippen molar-refractivity contribution in [3.63, 3.8) is 0 Å². The molecule has 0 aromatic carbocycles. The monoisotopic (exact) mass is 249 g/mol. The van der Waals surface area contributed by atoms with E-state index in [9.17, 15) is 9.59 Å². The van der Waals surface area contributed by atoms with Crippen LogP contribution in [-0.2, 0) is 11.3 Å². The zero-order chi connectivity index (χ0) is 13.0. The van der Waals surface area contributed by atoms with Crippen LogP contribution < -0.4 is 16.8 Å². The number of amides is 1. The molecule has 0 aliphatic rings. The van der Waals surface area contributed by atoms with Crippen molar-refractivity contribution >= 4 is 11.4 Å². The van der Waals surface area contributed by atoms with Crippen LogP contribution in [0.25, 0.3) is 5.52 Å². The van der Waals surface area contributed by atoms with Crippen LogP contribution in [0.15, 0.2) is 29.5 Å². The van der Waals surface area contributed by atoms with Gasteiger partial charge in [-0.15, -0.1) is 0 Å². The van der Waals surface area contributed by atoms with E-state index in [-0.39, 0.29) is 11.5 Å². The highest BCUT2D eigenvalue weighted by Gasteiger charge is 2.03. The van der Waals surface area contributed by atoms with E-state index in [1.54, 1.807) is 33.7 Å². The van der Waals surface area contributed by atoms with Gasteiger partial charge in [-0.1, -0.05) is 0 Å². The van der Waals surface area contributed by atoms with Crippen molar-refractivity contribution in [1.29, 1.82) is 0 Å². The lowest BCUT2D eigenvalue weighted by molar-refractivity contribution is -0.121. The molecule has 2 aromatic heterocycles. The highest BCUT2D eigenvalue weighted by atomic mass is 16.2. The molecule has 96 valence electrons. The minimum atomic E-state index is -0.186. The first-order chi connectivity index (χ1) is 8.72. The van der Waals surface area contributed by atoms with Crippen molar-refractivity contribution in [2.45, 2.75) is 25.8 Å². The maximum atomic E-state index is 12.0. The number of unbranched alkanes of at least 4 members (excludes halogenated alkanes) is 1. The van der Waals surface area contributed by atoms with Crippen LogP contribution >= 0.6 is 0 Å². The Morgan fingerprint density at radius 3 is 3.00 bits per heavy atom. The molecule has 1 amide bonds. The number of nitrogens with two attached hydrogens (primary N) is 1. The summed E-state index contributed by atoms with van der Waals surface area (Å²) in [5.41, 5.74) is 2.56. The van der Waals surface area contributed by atoms with Crippen molar-refractivity contribution < 1.29 is 4.79 Å². The average molecular weight is 249 g/mol. The van der Waals surface area contributed by atoms with Crippen LogP contribution in [0, 0.1) is 0 Å². The molecule has 2 aromatic rings. The lowest BCUT2D eigenvalue weighted by Gasteiger charge is -2.05. The fourth-order valence-corrected chi connectivity index (χ4v) is 1.78. The van der Waals surface area contributed by atoms with Gasteiger partial charge >= 0.3 is 0 Å². The molecule has 2 heterocycles. The highest BCUT2D eigenvalue weighted by Crippen LogP contribution is 1.99. The van der Waals surface area contributed by atoms with Gasteiger partial charge in [0, 0.05) is 25.4 Å². The van der Waals surface area contributed by atoms with Gasteiger partial charge in [0.15, 0.2) is 0 Å². The van der Waals surface area contributed by atoms with Crippen LogP contribution in [0.1, 0.15) is 19.3 Å². The molecular weight excluding hydrogens is 234 g/mol. The first-order valence-electron chi connectivity index (χ1n) is 5.74. The van der Waals surface area contributed by atoms with E-state index >= 15 is 0 Å². The summed E-state index contributed by atoms with van der Waals surface area (Å²) < 4.78 is 3.16. The number of aromatic nitrogens is 3. The van der Waals surface area contributed by atoms with Crippen molar-refractivity contribution in [2.75, 3.05) is 0 Å². The fraction of sp³-hybridized carbons (Fsp3) is 0.364. The van der Waals surface area contributed by atoms with E-state index in [1.165, 1.54) is 0 Å². The topological polar surface area (TPSA) is 94.4 Å². The quantitative estimate of drug-likeness (QED) is 0.328. The van der Waals surface area contributed by atoms with Gasteiger partial charge in [0.05, 0.1) is 6.20 Å². The Labute approximate surface area is 103 Å². The summed E-state index contributed by atoms with van der Waals surface area (Å²) in [5, 5.41) is 3.99. The molecule has 0 atom stereocenters. The molecule has 7 heteroatoms. The molecule has 0 saturated heterocycles. The summed E-state index contributed by atoms with van der Waals surface area (Å²) in [6.45, 7) is 0.582. The second-order valence-corrected chi connectivity index (χ2v) is 3.98. The number of hydrazine groups is 1. The van der Waals surface area contributed by atoms with E-state index < -0.39 is 0 Å². The molecule has 2 rings (SSSR count). The molecule has 0 aliphatic heterocycles. The summed E-state index contributed by atoms with van der Waals surface area (Å²) in [4.78, 5) is 22.9. The minimum Gasteiger partial charge on any atom is -0.312 e. The number of aryl methyl sites for hydroxylation is 1. The molecule has 3 N–H and O–H groups in total. The molecule has 0 saturated carbocycles. The Hall–Kier alpha value is -2.15. The lowest BCUT2D eigenvalue weighted by atomic mass is 10.2. The number of nitrogens with one attached hydrogen (secondary N) is 1. The van der Waals surface area contributed by atoms with Crippen LogP contribution in [0.2, 0.25) is 0 Å². The highest BCUT2D eigenvalue weighted by molar-refractivity contribution is 5.75. The summed E-state index contributed by atoms with van der Waals surface area (Å²) in [6, 6.07) is 1.68. The third-order valence-electron chi connectivity index (χ3n) is 2.75. The van der Waals surface area contributed by atoms with E-state index in [0.29, 0.717) is 24.9 Å².